The van der Waals surface area contributed by atoms with Gasteiger partial charge in [0.15, 0.2) is 0 Å². The first-order chi connectivity index (χ1) is 8.37. The molecule has 3 heteroatoms. The molecule has 18 heavy (non-hydrogen) atoms. The standard InChI is InChI=1S/C15H30N2O/c1-12(10-15(2,3)4)9-14(18)17-11-13-5-7-16-8-6-13/h12-13,16H,5-11H2,1-4H3,(H,17,18). The van der Waals surface area contributed by atoms with Gasteiger partial charge in [-0.15, -0.1) is 0 Å². The van der Waals surface area contributed by atoms with Crippen LogP contribution in [0.2, 0.25) is 0 Å². The second-order valence-electron chi connectivity index (χ2n) is 7.07. The number of carbonyl (C=O) groups excluding carboxylic acids is 1. The Morgan fingerprint density at radius 1 is 1.33 bits per heavy atom. The Morgan fingerprint density at radius 2 is 1.94 bits per heavy atom. The number of nitrogens with one attached hydrogen (secondary N) is 2. The molecule has 1 fully saturated rings. The monoisotopic (exact) mass is 254 g/mol. The molecular weight excluding hydrogens is 224 g/mol. The van der Waals surface area contributed by atoms with Crippen molar-refractivity contribution < 1.29 is 4.79 Å². The van der Waals surface area contributed by atoms with Gasteiger partial charge < -0.3 is 10.6 Å². The van der Waals surface area contributed by atoms with Gasteiger partial charge in [-0.05, 0) is 49.6 Å². The molecule has 0 aliphatic carbocycles. The van der Waals surface area contributed by atoms with E-state index in [0.717, 1.165) is 26.1 Å². The molecule has 1 aliphatic rings. The molecule has 1 atom stereocenters. The van der Waals surface area contributed by atoms with Crippen molar-refractivity contribution in [2.75, 3.05) is 19.6 Å². The smallest absolute Gasteiger partial charge is 0.220 e. The lowest BCUT2D eigenvalue weighted by molar-refractivity contribution is -0.122. The van der Waals surface area contributed by atoms with Crippen LogP contribution >= 0.6 is 0 Å². The molecule has 1 saturated heterocycles. The summed E-state index contributed by atoms with van der Waals surface area (Å²) in [6, 6.07) is 0. The lowest BCUT2D eigenvalue weighted by atomic mass is 9.84. The fourth-order valence-corrected chi connectivity index (χ4v) is 2.85. The number of rotatable bonds is 5. The van der Waals surface area contributed by atoms with E-state index in [2.05, 4.69) is 38.3 Å². The molecule has 0 aromatic heterocycles. The van der Waals surface area contributed by atoms with E-state index in [4.69, 9.17) is 0 Å². The lowest BCUT2D eigenvalue weighted by Gasteiger charge is -2.24. The van der Waals surface area contributed by atoms with E-state index >= 15 is 0 Å². The Hall–Kier alpha value is -0.570. The van der Waals surface area contributed by atoms with Crippen molar-refractivity contribution in [1.29, 1.82) is 0 Å². The maximum absolute atomic E-state index is 11.9. The molecule has 1 heterocycles. The van der Waals surface area contributed by atoms with Crippen LogP contribution in [0.4, 0.5) is 0 Å². The van der Waals surface area contributed by atoms with Crippen LogP contribution in [0.25, 0.3) is 0 Å². The molecule has 0 saturated carbocycles. The molecule has 0 aromatic carbocycles. The summed E-state index contributed by atoms with van der Waals surface area (Å²) in [6.07, 6.45) is 4.16. The number of hydrogen-bond donors (Lipinski definition) is 2. The van der Waals surface area contributed by atoms with E-state index < -0.39 is 0 Å². The SMILES string of the molecule is CC(CC(=O)NCC1CCNCC1)CC(C)(C)C. The molecule has 3 nitrogen and oxygen atoms in total. The van der Waals surface area contributed by atoms with Crippen LogP contribution < -0.4 is 10.6 Å². The third-order valence-electron chi connectivity index (χ3n) is 3.54. The second kappa shape index (κ2) is 7.13. The Morgan fingerprint density at radius 3 is 2.50 bits per heavy atom. The fraction of sp³-hybridized carbons (Fsp3) is 0.933. The minimum atomic E-state index is 0.227. The first kappa shape index (κ1) is 15.5. The van der Waals surface area contributed by atoms with Crippen molar-refractivity contribution >= 4 is 5.91 Å². The second-order valence-corrected chi connectivity index (χ2v) is 7.07. The zero-order chi connectivity index (χ0) is 13.6. The number of amides is 1. The van der Waals surface area contributed by atoms with Gasteiger partial charge in [0, 0.05) is 13.0 Å². The molecule has 1 aliphatic heterocycles. The first-order valence-electron chi connectivity index (χ1n) is 7.34. The van der Waals surface area contributed by atoms with Crippen molar-refractivity contribution in [2.45, 2.75) is 53.4 Å². The Kier molecular flexibility index (Phi) is 6.13. The summed E-state index contributed by atoms with van der Waals surface area (Å²) < 4.78 is 0. The molecule has 0 bridgehead atoms. The van der Waals surface area contributed by atoms with Crippen LogP contribution in [-0.2, 0) is 4.79 Å². The van der Waals surface area contributed by atoms with Crippen LogP contribution in [0.3, 0.4) is 0 Å². The largest absolute Gasteiger partial charge is 0.356 e. The highest BCUT2D eigenvalue weighted by Gasteiger charge is 2.18. The van der Waals surface area contributed by atoms with Gasteiger partial charge in [0.2, 0.25) is 5.91 Å². The van der Waals surface area contributed by atoms with Crippen LogP contribution in [-0.4, -0.2) is 25.5 Å². The van der Waals surface area contributed by atoms with E-state index in [-0.39, 0.29) is 5.91 Å². The van der Waals surface area contributed by atoms with Crippen molar-refractivity contribution in [2.24, 2.45) is 17.3 Å². The van der Waals surface area contributed by atoms with Gasteiger partial charge in [-0.2, -0.15) is 0 Å². The Labute approximate surface area is 112 Å². The van der Waals surface area contributed by atoms with Crippen molar-refractivity contribution in [3.8, 4) is 0 Å². The third kappa shape index (κ3) is 7.00. The molecule has 1 rings (SSSR count). The summed E-state index contributed by atoms with van der Waals surface area (Å²) in [5, 5.41) is 6.45. The number of piperidine rings is 1. The normalized spacial score (nSPS) is 19.6. The summed E-state index contributed by atoms with van der Waals surface area (Å²) in [7, 11) is 0. The fourth-order valence-electron chi connectivity index (χ4n) is 2.85. The summed E-state index contributed by atoms with van der Waals surface area (Å²) in [5.74, 6) is 1.37. The highest BCUT2D eigenvalue weighted by Crippen LogP contribution is 2.25. The number of carbonyl (C=O) groups is 1. The molecule has 106 valence electrons. The molecule has 2 N–H and O–H groups in total. The van der Waals surface area contributed by atoms with Crippen LogP contribution in [0.15, 0.2) is 0 Å². The van der Waals surface area contributed by atoms with E-state index in [9.17, 15) is 4.79 Å². The predicted molar refractivity (Wildman–Crippen MR) is 76.5 cm³/mol. The van der Waals surface area contributed by atoms with Crippen LogP contribution in [0.5, 0.6) is 0 Å². The van der Waals surface area contributed by atoms with Gasteiger partial charge in [-0.1, -0.05) is 27.7 Å². The zero-order valence-electron chi connectivity index (χ0n) is 12.5. The van der Waals surface area contributed by atoms with Crippen LogP contribution in [0, 0.1) is 17.3 Å². The van der Waals surface area contributed by atoms with E-state index in [1.807, 2.05) is 0 Å². The summed E-state index contributed by atoms with van der Waals surface area (Å²) >= 11 is 0. The minimum Gasteiger partial charge on any atom is -0.356 e. The van der Waals surface area contributed by atoms with E-state index in [1.54, 1.807) is 0 Å². The zero-order valence-corrected chi connectivity index (χ0v) is 12.5. The number of hydrogen-bond acceptors (Lipinski definition) is 2. The molecular formula is C15H30N2O. The molecule has 1 amide bonds. The lowest BCUT2D eigenvalue weighted by Crippen LogP contribution is -2.36. The van der Waals surface area contributed by atoms with Gasteiger partial charge >= 0.3 is 0 Å². The molecule has 1 unspecified atom stereocenters. The van der Waals surface area contributed by atoms with Gasteiger partial charge in [0.1, 0.15) is 0 Å². The predicted octanol–water partition coefficient (Wildman–Crippen LogP) is 2.56. The third-order valence-corrected chi connectivity index (χ3v) is 3.54. The van der Waals surface area contributed by atoms with Crippen molar-refractivity contribution in [3.63, 3.8) is 0 Å². The van der Waals surface area contributed by atoms with Crippen molar-refractivity contribution in [3.05, 3.63) is 0 Å². The molecule has 0 aromatic rings. The average molecular weight is 254 g/mol. The van der Waals surface area contributed by atoms with Gasteiger partial charge in [0.25, 0.3) is 0 Å². The average Bonchev–Trinajstić information content (AvgIpc) is 2.25. The highest BCUT2D eigenvalue weighted by atomic mass is 16.1. The molecule has 0 spiro atoms. The van der Waals surface area contributed by atoms with Gasteiger partial charge in [-0.3, -0.25) is 4.79 Å². The Bertz CT molecular complexity index is 252. The summed E-state index contributed by atoms with van der Waals surface area (Å²) in [4.78, 5) is 11.9. The molecule has 0 radical (unpaired) electrons. The Balaban J connectivity index is 2.16. The quantitative estimate of drug-likeness (QED) is 0.791. The first-order valence-corrected chi connectivity index (χ1v) is 7.34. The van der Waals surface area contributed by atoms with Crippen molar-refractivity contribution in [1.82, 2.24) is 10.6 Å². The van der Waals surface area contributed by atoms with E-state index in [1.165, 1.54) is 12.8 Å². The minimum absolute atomic E-state index is 0.227. The summed E-state index contributed by atoms with van der Waals surface area (Å²) in [6.45, 7) is 11.9. The maximum atomic E-state index is 11.9. The topological polar surface area (TPSA) is 41.1 Å². The summed E-state index contributed by atoms with van der Waals surface area (Å²) in [5.41, 5.74) is 0.314. The maximum Gasteiger partial charge on any atom is 0.220 e. The van der Waals surface area contributed by atoms with E-state index in [0.29, 0.717) is 23.7 Å². The highest BCUT2D eigenvalue weighted by molar-refractivity contribution is 5.76. The van der Waals surface area contributed by atoms with Crippen LogP contribution in [0.1, 0.15) is 53.4 Å². The van der Waals surface area contributed by atoms with Gasteiger partial charge in [-0.25, -0.2) is 0 Å². The van der Waals surface area contributed by atoms with Gasteiger partial charge in [0.05, 0.1) is 0 Å².